The van der Waals surface area contributed by atoms with Crippen molar-refractivity contribution in [1.82, 2.24) is 4.72 Å². The van der Waals surface area contributed by atoms with Crippen LogP contribution in [0.5, 0.6) is 5.75 Å². The van der Waals surface area contributed by atoms with Crippen LogP contribution in [0.4, 0.5) is 5.69 Å². The molecule has 0 spiro atoms. The number of anilines is 1. The van der Waals surface area contributed by atoms with Crippen molar-refractivity contribution in [2.45, 2.75) is 32.2 Å². The molecule has 3 N–H and O–H groups in total. The van der Waals surface area contributed by atoms with Crippen molar-refractivity contribution in [2.24, 2.45) is 5.92 Å². The van der Waals surface area contributed by atoms with Gasteiger partial charge in [-0.1, -0.05) is 13.0 Å². The molecule has 1 fully saturated rings. The molecular formula is C14H22N2O3S. The van der Waals surface area contributed by atoms with Crippen LogP contribution in [-0.4, -0.2) is 26.8 Å². The molecule has 2 rings (SSSR count). The summed E-state index contributed by atoms with van der Waals surface area (Å²) in [5, 5.41) is 0. The summed E-state index contributed by atoms with van der Waals surface area (Å²) in [4.78, 5) is 0. The van der Waals surface area contributed by atoms with Gasteiger partial charge in [-0.25, -0.2) is 13.1 Å². The van der Waals surface area contributed by atoms with Gasteiger partial charge in [0.25, 0.3) is 0 Å². The first-order valence-corrected chi connectivity index (χ1v) is 8.58. The minimum Gasteiger partial charge on any atom is -0.492 e. The lowest BCUT2D eigenvalue weighted by molar-refractivity contribution is 0.340. The van der Waals surface area contributed by atoms with Gasteiger partial charge in [0.2, 0.25) is 10.0 Å². The Balaban J connectivity index is 1.77. The smallest absolute Gasteiger partial charge is 0.215 e. The Morgan fingerprint density at radius 1 is 1.40 bits per heavy atom. The van der Waals surface area contributed by atoms with E-state index in [0.29, 0.717) is 17.4 Å². The molecular weight excluding hydrogens is 276 g/mol. The number of nitrogens with one attached hydrogen (secondary N) is 1. The van der Waals surface area contributed by atoms with Crippen LogP contribution in [0.2, 0.25) is 0 Å². The van der Waals surface area contributed by atoms with E-state index in [1.807, 2.05) is 0 Å². The van der Waals surface area contributed by atoms with E-state index in [0.717, 1.165) is 19.3 Å². The molecule has 0 bridgehead atoms. The van der Waals surface area contributed by atoms with Crippen molar-refractivity contribution in [2.75, 3.05) is 18.1 Å². The summed E-state index contributed by atoms with van der Waals surface area (Å²) in [5.41, 5.74) is 6.23. The van der Waals surface area contributed by atoms with E-state index in [1.165, 1.54) is 0 Å². The van der Waals surface area contributed by atoms with Crippen LogP contribution in [0.3, 0.4) is 0 Å². The number of nitrogen functional groups attached to an aromatic ring is 1. The molecule has 1 aromatic rings. The maximum absolute atomic E-state index is 11.9. The Kier molecular flexibility index (Phi) is 4.88. The summed E-state index contributed by atoms with van der Waals surface area (Å²) < 4.78 is 32.0. The van der Waals surface area contributed by atoms with Crippen LogP contribution in [0.1, 0.15) is 26.2 Å². The minimum absolute atomic E-state index is 0.0350. The molecule has 0 amide bonds. The number of sulfonamides is 1. The third-order valence-electron chi connectivity index (χ3n) is 3.52. The van der Waals surface area contributed by atoms with Crippen LogP contribution >= 0.6 is 0 Å². The summed E-state index contributed by atoms with van der Waals surface area (Å²) in [6, 6.07) is 7.06. The predicted molar refractivity (Wildman–Crippen MR) is 80.1 cm³/mol. The fourth-order valence-electron chi connectivity index (χ4n) is 2.50. The highest BCUT2D eigenvalue weighted by Gasteiger charge is 2.25. The quantitative estimate of drug-likeness (QED) is 0.784. The van der Waals surface area contributed by atoms with Gasteiger partial charge in [-0.15, -0.1) is 0 Å². The Morgan fingerprint density at radius 2 is 2.20 bits per heavy atom. The van der Waals surface area contributed by atoms with Gasteiger partial charge in [0.15, 0.2) is 0 Å². The van der Waals surface area contributed by atoms with Crippen LogP contribution in [0, 0.1) is 5.92 Å². The van der Waals surface area contributed by atoms with E-state index < -0.39 is 10.0 Å². The molecule has 6 heteroatoms. The fraction of sp³-hybridized carbons (Fsp3) is 0.571. The molecule has 0 saturated heterocycles. The lowest BCUT2D eigenvalue weighted by atomic mass is 10.1. The van der Waals surface area contributed by atoms with Crippen molar-refractivity contribution in [3.05, 3.63) is 24.3 Å². The fourth-order valence-corrected chi connectivity index (χ4v) is 3.64. The number of benzene rings is 1. The van der Waals surface area contributed by atoms with E-state index in [4.69, 9.17) is 10.5 Å². The third kappa shape index (κ3) is 4.68. The molecule has 0 aromatic heterocycles. The number of hydrogen-bond acceptors (Lipinski definition) is 4. The molecule has 1 aromatic carbocycles. The Bertz CT molecular complexity index is 545. The molecule has 2 atom stereocenters. The molecule has 0 radical (unpaired) electrons. The van der Waals surface area contributed by atoms with Gasteiger partial charge in [0.1, 0.15) is 12.4 Å². The second-order valence-corrected chi connectivity index (χ2v) is 7.35. The maximum atomic E-state index is 11.9. The Morgan fingerprint density at radius 3 is 2.85 bits per heavy atom. The van der Waals surface area contributed by atoms with Crippen LogP contribution in [0.15, 0.2) is 24.3 Å². The molecule has 1 aliphatic carbocycles. The van der Waals surface area contributed by atoms with E-state index in [1.54, 1.807) is 24.3 Å². The number of rotatable bonds is 6. The average molecular weight is 298 g/mol. The summed E-state index contributed by atoms with van der Waals surface area (Å²) in [6.07, 6.45) is 2.94. The van der Waals surface area contributed by atoms with Gasteiger partial charge < -0.3 is 10.5 Å². The van der Waals surface area contributed by atoms with Gasteiger partial charge in [-0.2, -0.15) is 0 Å². The van der Waals surface area contributed by atoms with Crippen LogP contribution < -0.4 is 15.2 Å². The van der Waals surface area contributed by atoms with Crippen LogP contribution in [0.25, 0.3) is 0 Å². The molecule has 0 aliphatic heterocycles. The number of ether oxygens (including phenoxy) is 1. The molecule has 0 heterocycles. The molecule has 2 unspecified atom stereocenters. The van der Waals surface area contributed by atoms with Gasteiger partial charge in [0, 0.05) is 17.8 Å². The number of hydrogen-bond donors (Lipinski definition) is 2. The second kappa shape index (κ2) is 6.45. The van der Waals surface area contributed by atoms with E-state index in [-0.39, 0.29) is 18.4 Å². The van der Waals surface area contributed by atoms with Crippen molar-refractivity contribution < 1.29 is 13.2 Å². The SMILES string of the molecule is CC1CCC(NS(=O)(=O)CCOc2cccc(N)c2)C1. The van der Waals surface area contributed by atoms with Gasteiger partial charge in [-0.3, -0.25) is 0 Å². The zero-order chi connectivity index (χ0) is 14.6. The zero-order valence-corrected chi connectivity index (χ0v) is 12.5. The van der Waals surface area contributed by atoms with E-state index in [9.17, 15) is 8.42 Å². The van der Waals surface area contributed by atoms with Gasteiger partial charge >= 0.3 is 0 Å². The first-order valence-electron chi connectivity index (χ1n) is 6.93. The Labute approximate surface area is 120 Å². The first-order chi connectivity index (χ1) is 9.44. The van der Waals surface area contributed by atoms with E-state index in [2.05, 4.69) is 11.6 Å². The molecule has 5 nitrogen and oxygen atoms in total. The zero-order valence-electron chi connectivity index (χ0n) is 11.7. The second-order valence-electron chi connectivity index (χ2n) is 5.47. The maximum Gasteiger partial charge on any atom is 0.215 e. The molecule has 1 saturated carbocycles. The summed E-state index contributed by atoms with van der Waals surface area (Å²) in [6.45, 7) is 2.28. The van der Waals surface area contributed by atoms with Crippen LogP contribution in [-0.2, 0) is 10.0 Å². The van der Waals surface area contributed by atoms with Crippen molar-refractivity contribution in [3.8, 4) is 5.75 Å². The van der Waals surface area contributed by atoms with Gasteiger partial charge in [-0.05, 0) is 37.3 Å². The topological polar surface area (TPSA) is 81.4 Å². The molecule has 1 aliphatic rings. The van der Waals surface area contributed by atoms with Crippen molar-refractivity contribution in [1.29, 1.82) is 0 Å². The largest absolute Gasteiger partial charge is 0.492 e. The lowest BCUT2D eigenvalue weighted by Gasteiger charge is -2.13. The third-order valence-corrected chi connectivity index (χ3v) is 4.92. The summed E-state index contributed by atoms with van der Waals surface area (Å²) >= 11 is 0. The highest BCUT2D eigenvalue weighted by atomic mass is 32.2. The highest BCUT2D eigenvalue weighted by Crippen LogP contribution is 2.25. The minimum atomic E-state index is -3.27. The first kappa shape index (κ1) is 15.1. The highest BCUT2D eigenvalue weighted by molar-refractivity contribution is 7.89. The standard InChI is InChI=1S/C14H22N2O3S/c1-11-5-6-13(9-11)16-20(17,18)8-7-19-14-4-2-3-12(15)10-14/h2-4,10-11,13,16H,5-9,15H2,1H3. The number of nitrogens with two attached hydrogens (primary N) is 1. The summed E-state index contributed by atoms with van der Waals surface area (Å²) in [7, 11) is -3.27. The monoisotopic (exact) mass is 298 g/mol. The lowest BCUT2D eigenvalue weighted by Crippen LogP contribution is -2.36. The van der Waals surface area contributed by atoms with Crippen molar-refractivity contribution >= 4 is 15.7 Å². The summed E-state index contributed by atoms with van der Waals surface area (Å²) in [5.74, 6) is 1.16. The predicted octanol–water partition coefficient (Wildman–Crippen LogP) is 1.76. The average Bonchev–Trinajstić information content (AvgIpc) is 2.73. The molecule has 20 heavy (non-hydrogen) atoms. The van der Waals surface area contributed by atoms with E-state index >= 15 is 0 Å². The Hall–Kier alpha value is -1.27. The molecule has 112 valence electrons. The normalized spacial score (nSPS) is 22.9. The van der Waals surface area contributed by atoms with Crippen molar-refractivity contribution in [3.63, 3.8) is 0 Å². The van der Waals surface area contributed by atoms with Gasteiger partial charge in [0.05, 0.1) is 5.75 Å².